The second-order valence-corrected chi connectivity index (χ2v) is 8.09. The van der Waals surface area contributed by atoms with Gasteiger partial charge in [-0.25, -0.2) is 19.2 Å². The Kier molecular flexibility index (Phi) is 6.11. The summed E-state index contributed by atoms with van der Waals surface area (Å²) in [5.41, 5.74) is -0.527. The van der Waals surface area contributed by atoms with Crippen LogP contribution in [0.25, 0.3) is 10.3 Å². The first-order chi connectivity index (χ1) is 15.2. The number of amides is 2. The number of fused-ring (bicyclic) bond motifs is 1. The minimum Gasteiger partial charge on any atom is -0.479 e. The van der Waals surface area contributed by atoms with E-state index in [0.29, 0.717) is 46.4 Å². The fraction of sp³-hybridized carbons (Fsp3) is 0.368. The van der Waals surface area contributed by atoms with E-state index >= 15 is 0 Å². The lowest BCUT2D eigenvalue weighted by Crippen LogP contribution is -2.37. The molecule has 0 saturated carbocycles. The molecule has 2 aromatic heterocycles. The van der Waals surface area contributed by atoms with E-state index < -0.39 is 17.6 Å². The normalized spacial score (nSPS) is 16.5. The van der Waals surface area contributed by atoms with Gasteiger partial charge in [-0.05, 0) is 24.1 Å². The minimum absolute atomic E-state index is 0.110. The predicted octanol–water partition coefficient (Wildman–Crippen LogP) is 3.65. The lowest BCUT2D eigenvalue weighted by molar-refractivity contribution is -0.140. The molecule has 13 heteroatoms. The summed E-state index contributed by atoms with van der Waals surface area (Å²) >= 11 is 1.19. The Hall–Kier alpha value is -3.06. The van der Waals surface area contributed by atoms with Crippen molar-refractivity contribution in [3.8, 4) is 5.88 Å². The van der Waals surface area contributed by atoms with E-state index in [1.807, 2.05) is 0 Å². The number of nitrogens with zero attached hydrogens (tertiary/aromatic N) is 4. The summed E-state index contributed by atoms with van der Waals surface area (Å²) in [5, 5.41) is 6.20. The number of hydrogen-bond acceptors (Lipinski definition) is 7. The minimum atomic E-state index is -4.75. The van der Waals surface area contributed by atoms with E-state index in [9.17, 15) is 22.4 Å². The Bertz CT molecular complexity index is 1140. The zero-order valence-corrected chi connectivity index (χ0v) is 17.6. The average Bonchev–Trinajstić information content (AvgIpc) is 3.38. The molecule has 1 saturated heterocycles. The highest BCUT2D eigenvalue weighted by atomic mass is 32.1. The molecule has 3 heterocycles. The molecule has 0 radical (unpaired) electrons. The molecular formula is C19H18F4N6O2S. The molecule has 1 atom stereocenters. The van der Waals surface area contributed by atoms with Crippen LogP contribution in [-0.4, -0.2) is 52.1 Å². The molecule has 170 valence electrons. The number of methoxy groups -OCH3 is 1. The highest BCUT2D eigenvalue weighted by molar-refractivity contribution is 7.22. The number of carbonyl (C=O) groups excluding carboxylic acids is 1. The van der Waals surface area contributed by atoms with Crippen LogP contribution in [0.15, 0.2) is 24.5 Å². The highest BCUT2D eigenvalue weighted by Gasteiger charge is 2.34. The van der Waals surface area contributed by atoms with Gasteiger partial charge in [0.15, 0.2) is 15.5 Å². The van der Waals surface area contributed by atoms with Crippen LogP contribution in [0.5, 0.6) is 5.88 Å². The Morgan fingerprint density at radius 1 is 1.34 bits per heavy atom. The maximum Gasteiger partial charge on any atom is 0.419 e. The first-order valence-electron chi connectivity index (χ1n) is 9.55. The van der Waals surface area contributed by atoms with Crippen molar-refractivity contribution >= 4 is 32.8 Å². The number of likely N-dealkylation sites (tertiary alicyclic amines) is 1. The number of urea groups is 1. The number of halogens is 4. The first kappa shape index (κ1) is 22.1. The van der Waals surface area contributed by atoms with Gasteiger partial charge in [-0.1, -0.05) is 17.4 Å². The van der Waals surface area contributed by atoms with Crippen molar-refractivity contribution in [1.82, 2.24) is 25.2 Å². The molecule has 2 N–H and O–H groups in total. The fourth-order valence-corrected chi connectivity index (χ4v) is 4.17. The molecule has 1 aliphatic heterocycles. The zero-order valence-electron chi connectivity index (χ0n) is 16.7. The van der Waals surface area contributed by atoms with Gasteiger partial charge in [0.25, 0.3) is 0 Å². The van der Waals surface area contributed by atoms with Gasteiger partial charge in [0.05, 0.1) is 12.7 Å². The smallest absolute Gasteiger partial charge is 0.419 e. The number of hydrogen-bond donors (Lipinski definition) is 2. The third kappa shape index (κ3) is 4.72. The largest absolute Gasteiger partial charge is 0.479 e. The van der Waals surface area contributed by atoms with Crippen molar-refractivity contribution in [2.24, 2.45) is 0 Å². The summed E-state index contributed by atoms with van der Waals surface area (Å²) < 4.78 is 57.2. The van der Waals surface area contributed by atoms with Crippen molar-refractivity contribution < 1.29 is 27.1 Å². The summed E-state index contributed by atoms with van der Waals surface area (Å²) in [5.74, 6) is -0.991. The summed E-state index contributed by atoms with van der Waals surface area (Å²) in [7, 11) is 1.46. The van der Waals surface area contributed by atoms with Crippen molar-refractivity contribution in [1.29, 1.82) is 0 Å². The molecule has 4 rings (SSSR count). The monoisotopic (exact) mass is 470 g/mol. The third-order valence-corrected chi connectivity index (χ3v) is 5.85. The quantitative estimate of drug-likeness (QED) is 0.553. The van der Waals surface area contributed by atoms with Crippen LogP contribution in [0.3, 0.4) is 0 Å². The molecule has 1 aliphatic rings. The van der Waals surface area contributed by atoms with Crippen molar-refractivity contribution in [2.75, 3.05) is 25.5 Å². The number of anilines is 1. The van der Waals surface area contributed by atoms with Crippen molar-refractivity contribution in [3.05, 3.63) is 41.5 Å². The molecule has 2 amide bonds. The molecule has 8 nitrogen and oxygen atoms in total. The highest BCUT2D eigenvalue weighted by Crippen LogP contribution is 2.32. The summed E-state index contributed by atoms with van der Waals surface area (Å²) in [6.45, 7) is 0.960. The van der Waals surface area contributed by atoms with Crippen LogP contribution >= 0.6 is 11.3 Å². The number of ether oxygens (including phenoxy) is 1. The summed E-state index contributed by atoms with van der Waals surface area (Å²) in [4.78, 5) is 27.1. The zero-order chi connectivity index (χ0) is 22.9. The second-order valence-electron chi connectivity index (χ2n) is 7.11. The number of thiazole rings is 1. The summed E-state index contributed by atoms with van der Waals surface area (Å²) in [6.07, 6.45) is -2.78. The van der Waals surface area contributed by atoms with Crippen LogP contribution in [0.2, 0.25) is 0 Å². The van der Waals surface area contributed by atoms with E-state index in [-0.39, 0.29) is 18.6 Å². The third-order valence-electron chi connectivity index (χ3n) is 4.98. The molecule has 1 fully saturated rings. The molecule has 32 heavy (non-hydrogen) atoms. The molecule has 0 bridgehead atoms. The van der Waals surface area contributed by atoms with E-state index in [0.717, 1.165) is 12.1 Å². The first-order valence-corrected chi connectivity index (χ1v) is 10.4. The van der Waals surface area contributed by atoms with Crippen LogP contribution in [-0.2, 0) is 12.7 Å². The van der Waals surface area contributed by atoms with Gasteiger partial charge in [0, 0.05) is 25.7 Å². The van der Waals surface area contributed by atoms with Gasteiger partial charge in [-0.3, -0.25) is 5.32 Å². The number of alkyl halides is 3. The molecule has 0 unspecified atom stereocenters. The van der Waals surface area contributed by atoms with Gasteiger partial charge in [0.1, 0.15) is 12.1 Å². The van der Waals surface area contributed by atoms with E-state index in [4.69, 9.17) is 4.74 Å². The van der Waals surface area contributed by atoms with Crippen LogP contribution in [0.4, 0.5) is 27.5 Å². The lowest BCUT2D eigenvalue weighted by atomic mass is 10.1. The maximum atomic E-state index is 13.4. The molecule has 3 aromatic rings. The van der Waals surface area contributed by atoms with Crippen LogP contribution in [0.1, 0.15) is 17.5 Å². The van der Waals surface area contributed by atoms with E-state index in [1.54, 1.807) is 4.90 Å². The molecule has 1 aromatic carbocycles. The number of nitrogens with one attached hydrogen (secondary N) is 2. The lowest BCUT2D eigenvalue weighted by Gasteiger charge is -2.17. The predicted molar refractivity (Wildman–Crippen MR) is 109 cm³/mol. The van der Waals surface area contributed by atoms with E-state index in [2.05, 4.69) is 25.6 Å². The average molecular weight is 470 g/mol. The number of rotatable bonds is 5. The topological polar surface area (TPSA) is 92.3 Å². The molecular weight excluding hydrogens is 452 g/mol. The Labute approximate surface area is 183 Å². The van der Waals surface area contributed by atoms with Gasteiger partial charge in [-0.2, -0.15) is 18.2 Å². The number of benzene rings is 1. The summed E-state index contributed by atoms with van der Waals surface area (Å²) in [6, 6.07) is 2.46. The fourth-order valence-electron chi connectivity index (χ4n) is 3.38. The Morgan fingerprint density at radius 2 is 2.16 bits per heavy atom. The number of aromatic nitrogens is 3. The van der Waals surface area contributed by atoms with Crippen molar-refractivity contribution in [3.63, 3.8) is 0 Å². The Balaban J connectivity index is 1.33. The standard InChI is InChI=1S/C19H18F4N6O2S/c1-31-15-14-16(26-9-25-15)32-17(27-14)28-18(30)29-5-4-11(8-29)24-7-10-2-3-13(20)12(6-10)19(21,22)23/h2-3,6,9,11,24H,4-5,7-8H2,1H3,(H,27,28,30)/t11-/m1/s1. The maximum absolute atomic E-state index is 13.4. The van der Waals surface area contributed by atoms with E-state index in [1.165, 1.54) is 30.8 Å². The molecule has 0 spiro atoms. The second kappa shape index (κ2) is 8.82. The van der Waals surface area contributed by atoms with Gasteiger partial charge in [0.2, 0.25) is 5.88 Å². The molecule has 0 aliphatic carbocycles. The van der Waals surface area contributed by atoms with Gasteiger partial charge >= 0.3 is 12.2 Å². The van der Waals surface area contributed by atoms with Gasteiger partial charge in [-0.15, -0.1) is 0 Å². The van der Waals surface area contributed by atoms with Crippen molar-refractivity contribution in [2.45, 2.75) is 25.2 Å². The van der Waals surface area contributed by atoms with Gasteiger partial charge < -0.3 is 15.0 Å². The Morgan fingerprint density at radius 3 is 2.91 bits per heavy atom. The van der Waals surface area contributed by atoms with Crippen LogP contribution < -0.4 is 15.4 Å². The SMILES string of the molecule is COc1ncnc2sc(NC(=O)N3CC[C@@H](NCc4ccc(F)c(C(F)(F)F)c4)C3)nc12. The van der Waals surface area contributed by atoms with Crippen LogP contribution in [0, 0.1) is 5.82 Å². The number of carbonyl (C=O) groups is 1.